The van der Waals surface area contributed by atoms with Crippen LogP contribution in [0.25, 0.3) is 0 Å². The lowest BCUT2D eigenvalue weighted by Crippen LogP contribution is -2.59. The minimum Gasteiger partial charge on any atom is -0.431 e. The van der Waals surface area contributed by atoms with E-state index in [4.69, 9.17) is 4.42 Å². The molecule has 0 bridgehead atoms. The molecule has 0 amide bonds. The zero-order chi connectivity index (χ0) is 20.0. The van der Waals surface area contributed by atoms with Crippen LogP contribution in [-0.4, -0.2) is 10.7 Å². The van der Waals surface area contributed by atoms with Crippen molar-refractivity contribution < 1.29 is 9.52 Å². The largest absolute Gasteiger partial charge is 0.431 e. The summed E-state index contributed by atoms with van der Waals surface area (Å²) in [5.74, 6) is 1.11. The summed E-state index contributed by atoms with van der Waals surface area (Å²) in [6, 6.07) is 3.40. The average molecular weight is 373 g/mol. The maximum Gasteiger partial charge on any atom is 0.335 e. The average Bonchev–Trinajstić information content (AvgIpc) is 2.92. The highest BCUT2D eigenvalue weighted by atomic mass is 16.4. The molecule has 3 aliphatic rings. The van der Waals surface area contributed by atoms with Gasteiger partial charge in [-0.05, 0) is 73.3 Å². The molecule has 0 aliphatic heterocycles. The highest BCUT2D eigenvalue weighted by Gasteiger charge is 2.65. The van der Waals surface area contributed by atoms with Crippen molar-refractivity contribution in [1.29, 1.82) is 0 Å². The molecule has 3 saturated carbocycles. The van der Waals surface area contributed by atoms with Crippen molar-refractivity contribution in [2.45, 2.75) is 84.7 Å². The lowest BCUT2D eigenvalue weighted by Gasteiger charge is -2.60. The number of fused-ring (bicyclic) bond motifs is 3. The third-order valence-electron chi connectivity index (χ3n) is 8.37. The molecular weight excluding hydrogens is 336 g/mol. The van der Waals surface area contributed by atoms with E-state index in [1.807, 2.05) is 19.9 Å². The van der Waals surface area contributed by atoms with Gasteiger partial charge >= 0.3 is 5.63 Å². The van der Waals surface area contributed by atoms with Gasteiger partial charge in [0.2, 0.25) is 0 Å². The van der Waals surface area contributed by atoms with E-state index < -0.39 is 5.60 Å². The molecule has 0 spiro atoms. The SMILES string of the molecule is C=C1CCC2C(CC[C@]3(C)[C@@H](c4ccc(=O)oc4)CC[C@]23O)C1(C)C.CC. The third-order valence-corrected chi connectivity index (χ3v) is 8.37. The topological polar surface area (TPSA) is 50.4 Å². The minimum absolute atomic E-state index is 0.109. The summed E-state index contributed by atoms with van der Waals surface area (Å²) < 4.78 is 5.13. The van der Waals surface area contributed by atoms with E-state index in [1.165, 1.54) is 11.6 Å². The summed E-state index contributed by atoms with van der Waals surface area (Å²) in [7, 11) is 0. The first-order chi connectivity index (χ1) is 12.7. The summed E-state index contributed by atoms with van der Waals surface area (Å²) in [5.41, 5.74) is 1.43. The van der Waals surface area contributed by atoms with Crippen LogP contribution < -0.4 is 5.63 Å². The molecule has 2 unspecified atom stereocenters. The molecule has 3 heteroatoms. The van der Waals surface area contributed by atoms with E-state index in [0.717, 1.165) is 44.1 Å². The number of aliphatic hydroxyl groups is 1. The fourth-order valence-corrected chi connectivity index (χ4v) is 6.58. The highest BCUT2D eigenvalue weighted by Crippen LogP contribution is 2.68. The van der Waals surface area contributed by atoms with Crippen molar-refractivity contribution in [1.82, 2.24) is 0 Å². The molecule has 150 valence electrons. The van der Waals surface area contributed by atoms with Gasteiger partial charge in [-0.3, -0.25) is 0 Å². The first kappa shape index (κ1) is 20.4. The molecule has 1 aromatic heterocycles. The number of rotatable bonds is 1. The summed E-state index contributed by atoms with van der Waals surface area (Å²) in [5, 5.41) is 11.9. The summed E-state index contributed by atoms with van der Waals surface area (Å²) in [6.07, 6.45) is 7.66. The van der Waals surface area contributed by atoms with Gasteiger partial charge in [-0.25, -0.2) is 4.79 Å². The van der Waals surface area contributed by atoms with Crippen molar-refractivity contribution >= 4 is 0 Å². The van der Waals surface area contributed by atoms with Crippen molar-refractivity contribution in [2.75, 3.05) is 0 Å². The Hall–Kier alpha value is -1.35. The van der Waals surface area contributed by atoms with Gasteiger partial charge in [0.05, 0.1) is 11.9 Å². The van der Waals surface area contributed by atoms with E-state index in [-0.39, 0.29) is 22.4 Å². The second-order valence-corrected chi connectivity index (χ2v) is 9.44. The molecule has 3 fully saturated rings. The van der Waals surface area contributed by atoms with Crippen LogP contribution in [0.4, 0.5) is 0 Å². The van der Waals surface area contributed by atoms with Crippen molar-refractivity contribution in [3.63, 3.8) is 0 Å². The molecule has 3 aliphatic carbocycles. The van der Waals surface area contributed by atoms with Crippen LogP contribution in [0.3, 0.4) is 0 Å². The second kappa shape index (κ2) is 6.92. The Labute approximate surface area is 163 Å². The van der Waals surface area contributed by atoms with E-state index in [1.54, 1.807) is 6.26 Å². The molecule has 0 saturated heterocycles. The van der Waals surface area contributed by atoms with Gasteiger partial charge in [0.25, 0.3) is 0 Å². The molecule has 0 radical (unpaired) electrons. The fraction of sp³-hybridized carbons (Fsp3) is 0.708. The predicted molar refractivity (Wildman–Crippen MR) is 110 cm³/mol. The van der Waals surface area contributed by atoms with Gasteiger partial charge in [0, 0.05) is 11.5 Å². The first-order valence-electron chi connectivity index (χ1n) is 10.7. The monoisotopic (exact) mass is 372 g/mol. The van der Waals surface area contributed by atoms with Crippen LogP contribution in [0.1, 0.15) is 84.6 Å². The van der Waals surface area contributed by atoms with Crippen molar-refractivity contribution in [3.8, 4) is 0 Å². The summed E-state index contributed by atoms with van der Waals surface area (Å²) in [6.45, 7) is 15.2. The van der Waals surface area contributed by atoms with Crippen LogP contribution in [0.15, 0.2) is 39.8 Å². The van der Waals surface area contributed by atoms with Crippen LogP contribution in [-0.2, 0) is 0 Å². The molecule has 1 aromatic rings. The van der Waals surface area contributed by atoms with Crippen molar-refractivity contribution in [3.05, 3.63) is 46.5 Å². The Balaban J connectivity index is 0.00000102. The van der Waals surface area contributed by atoms with Crippen LogP contribution in [0.2, 0.25) is 0 Å². The van der Waals surface area contributed by atoms with Gasteiger partial charge in [-0.1, -0.05) is 46.8 Å². The number of hydrogen-bond acceptors (Lipinski definition) is 3. The van der Waals surface area contributed by atoms with E-state index in [0.29, 0.717) is 11.8 Å². The standard InChI is InChI=1S/C22H30O3.C2H6/c1-14-5-7-18-17(20(14,2)3)9-11-21(4)16(10-12-22(18,21)24)15-6-8-19(23)25-13-15;1-2/h6,8,13,16-18,24H,1,5,7,9-12H2,2-4H3;1-2H3/t16-,17?,18?,21-,22+;/m1./s1. The Morgan fingerprint density at radius 3 is 2.41 bits per heavy atom. The smallest absolute Gasteiger partial charge is 0.335 e. The van der Waals surface area contributed by atoms with E-state index in [9.17, 15) is 9.90 Å². The number of allylic oxidation sites excluding steroid dienone is 1. The summed E-state index contributed by atoms with van der Waals surface area (Å²) in [4.78, 5) is 11.3. The Morgan fingerprint density at radius 1 is 1.07 bits per heavy atom. The van der Waals surface area contributed by atoms with Crippen LogP contribution in [0, 0.1) is 22.7 Å². The zero-order valence-electron chi connectivity index (χ0n) is 17.7. The van der Waals surface area contributed by atoms with Gasteiger partial charge < -0.3 is 9.52 Å². The van der Waals surface area contributed by atoms with E-state index >= 15 is 0 Å². The second-order valence-electron chi connectivity index (χ2n) is 9.44. The highest BCUT2D eigenvalue weighted by molar-refractivity contribution is 5.28. The quantitative estimate of drug-likeness (QED) is 0.645. The Bertz CT molecular complexity index is 741. The van der Waals surface area contributed by atoms with Crippen LogP contribution in [0.5, 0.6) is 0 Å². The molecule has 4 rings (SSSR count). The van der Waals surface area contributed by atoms with Crippen molar-refractivity contribution in [2.24, 2.45) is 22.7 Å². The maximum atomic E-state index is 11.9. The maximum absolute atomic E-state index is 11.9. The molecule has 27 heavy (non-hydrogen) atoms. The normalized spacial score (nSPS) is 39.8. The molecule has 5 atom stereocenters. The fourth-order valence-electron chi connectivity index (χ4n) is 6.58. The van der Waals surface area contributed by atoms with Gasteiger partial charge in [0.1, 0.15) is 0 Å². The molecular formula is C24H36O3. The molecule has 3 nitrogen and oxygen atoms in total. The minimum atomic E-state index is -0.630. The third kappa shape index (κ3) is 2.85. The molecule has 1 heterocycles. The lowest BCUT2D eigenvalue weighted by molar-refractivity contribution is -0.173. The van der Waals surface area contributed by atoms with Gasteiger partial charge in [-0.15, -0.1) is 0 Å². The lowest BCUT2D eigenvalue weighted by atomic mass is 9.47. The van der Waals surface area contributed by atoms with Crippen LogP contribution >= 0.6 is 0 Å². The Morgan fingerprint density at radius 2 is 1.78 bits per heavy atom. The Kier molecular flexibility index (Phi) is 5.22. The zero-order valence-corrected chi connectivity index (χ0v) is 17.7. The number of hydrogen-bond donors (Lipinski definition) is 1. The molecule has 0 aromatic carbocycles. The van der Waals surface area contributed by atoms with E-state index in [2.05, 4.69) is 27.4 Å². The first-order valence-corrected chi connectivity index (χ1v) is 10.7. The predicted octanol–water partition coefficient (Wildman–Crippen LogP) is 5.68. The van der Waals surface area contributed by atoms with Gasteiger partial charge in [-0.2, -0.15) is 0 Å². The van der Waals surface area contributed by atoms with Gasteiger partial charge in [0.15, 0.2) is 0 Å². The summed E-state index contributed by atoms with van der Waals surface area (Å²) >= 11 is 0. The molecule has 1 N–H and O–H groups in total.